The largest absolute Gasteiger partial charge is 0.309 e. The minimum atomic E-state index is 1.07. The number of hydrogen-bond donors (Lipinski definition) is 0. The van der Waals surface area contributed by atoms with Gasteiger partial charge in [0.2, 0.25) is 0 Å². The predicted octanol–water partition coefficient (Wildman–Crippen LogP) is 10.6. The molecular weight excluding hydrogens is 596 g/mol. The first-order chi connectivity index (χ1) is 18.7. The van der Waals surface area contributed by atoms with Gasteiger partial charge in [-0.05, 0) is 48.5 Å². The Kier molecular flexibility index (Phi) is 4.85. The van der Waals surface area contributed by atoms with Gasteiger partial charge in [0.15, 0.2) is 0 Å². The molecule has 2 nitrogen and oxygen atoms in total. The zero-order valence-corrected chi connectivity index (χ0v) is 23.4. The van der Waals surface area contributed by atoms with Crippen molar-refractivity contribution in [3.05, 3.63) is 130 Å². The number of rotatable bonds is 2. The van der Waals surface area contributed by atoms with E-state index < -0.39 is 0 Å². The highest BCUT2D eigenvalue weighted by Gasteiger charge is 2.18. The van der Waals surface area contributed by atoms with Crippen molar-refractivity contribution in [3.8, 4) is 11.4 Å². The summed E-state index contributed by atoms with van der Waals surface area (Å²) in [7, 11) is 0. The van der Waals surface area contributed by atoms with Gasteiger partial charge in [0.05, 0.1) is 33.4 Å². The maximum absolute atomic E-state index is 3.72. The van der Waals surface area contributed by atoms with Crippen molar-refractivity contribution in [2.45, 2.75) is 0 Å². The van der Waals surface area contributed by atoms with Crippen LogP contribution in [0.2, 0.25) is 0 Å². The molecule has 180 valence electrons. The standard InChI is InChI=1S/C34H20Br2N2/c35-21-15-17-27-23-7-1-3-11-29(23)37(33(27)19-21)31-13-5-10-26-25(31)9-6-14-32(26)38-30-12-4-2-8-24(30)28-18-16-22(36)20-34(28)38/h1-20H. The molecule has 0 amide bonds. The lowest BCUT2D eigenvalue weighted by molar-refractivity contribution is 1.18. The SMILES string of the molecule is Brc1ccc2c3ccccc3n(-c3cccc4c(-n5c6ccccc6c6ccc(Br)cc65)cccc34)c2c1. The maximum Gasteiger partial charge on any atom is 0.0552 e. The normalized spacial score (nSPS) is 11.9. The molecule has 8 aromatic rings. The van der Waals surface area contributed by atoms with E-state index in [1.807, 2.05) is 0 Å². The van der Waals surface area contributed by atoms with Crippen molar-refractivity contribution >= 4 is 86.2 Å². The summed E-state index contributed by atoms with van der Waals surface area (Å²) in [5.41, 5.74) is 7.16. The Labute approximate surface area is 236 Å². The number of hydrogen-bond acceptors (Lipinski definition) is 0. The van der Waals surface area contributed by atoms with Crippen LogP contribution < -0.4 is 0 Å². The molecule has 0 aliphatic carbocycles. The Hall–Kier alpha value is -3.86. The van der Waals surface area contributed by atoms with Gasteiger partial charge in [-0.15, -0.1) is 0 Å². The fraction of sp³-hybridized carbons (Fsp3) is 0. The quantitative estimate of drug-likeness (QED) is 0.183. The molecule has 0 unspecified atom stereocenters. The van der Waals surface area contributed by atoms with Gasteiger partial charge in [0, 0.05) is 41.3 Å². The maximum atomic E-state index is 3.72. The molecule has 6 aromatic carbocycles. The van der Waals surface area contributed by atoms with Gasteiger partial charge in [0.1, 0.15) is 0 Å². The Morgan fingerprint density at radius 1 is 0.342 bits per heavy atom. The van der Waals surface area contributed by atoms with Crippen LogP contribution >= 0.6 is 31.9 Å². The molecule has 38 heavy (non-hydrogen) atoms. The van der Waals surface area contributed by atoms with Gasteiger partial charge in [-0.2, -0.15) is 0 Å². The Morgan fingerprint density at radius 2 is 0.737 bits per heavy atom. The second kappa shape index (κ2) is 8.32. The van der Waals surface area contributed by atoms with Crippen LogP contribution in [0.25, 0.3) is 65.8 Å². The van der Waals surface area contributed by atoms with Gasteiger partial charge < -0.3 is 9.13 Å². The third-order valence-corrected chi connectivity index (χ3v) is 8.62. The van der Waals surface area contributed by atoms with Gasteiger partial charge in [-0.3, -0.25) is 0 Å². The Balaban J connectivity index is 1.50. The summed E-state index contributed by atoms with van der Waals surface area (Å²) in [5, 5.41) is 7.46. The predicted molar refractivity (Wildman–Crippen MR) is 168 cm³/mol. The molecule has 0 aliphatic rings. The van der Waals surface area contributed by atoms with E-state index in [-0.39, 0.29) is 0 Å². The molecule has 0 fully saturated rings. The molecule has 4 heteroatoms. The van der Waals surface area contributed by atoms with Crippen LogP contribution in [0, 0.1) is 0 Å². The molecule has 0 N–H and O–H groups in total. The van der Waals surface area contributed by atoms with Gasteiger partial charge in [-0.25, -0.2) is 0 Å². The minimum absolute atomic E-state index is 1.07. The highest BCUT2D eigenvalue weighted by Crippen LogP contribution is 2.39. The molecule has 2 heterocycles. The average Bonchev–Trinajstić information content (AvgIpc) is 3.44. The number of nitrogens with zero attached hydrogens (tertiary/aromatic N) is 2. The molecule has 8 rings (SSSR count). The summed E-state index contributed by atoms with van der Waals surface area (Å²) in [6.07, 6.45) is 0. The van der Waals surface area contributed by atoms with Crippen molar-refractivity contribution in [3.63, 3.8) is 0 Å². The van der Waals surface area contributed by atoms with Crippen LogP contribution in [0.4, 0.5) is 0 Å². The third kappa shape index (κ3) is 3.11. The molecule has 2 aromatic heterocycles. The average molecular weight is 616 g/mol. The molecule has 0 aliphatic heterocycles. The van der Waals surface area contributed by atoms with Crippen LogP contribution in [0.3, 0.4) is 0 Å². The summed E-state index contributed by atoms with van der Waals surface area (Å²) in [4.78, 5) is 0. The van der Waals surface area contributed by atoms with Crippen LogP contribution in [-0.2, 0) is 0 Å². The van der Waals surface area contributed by atoms with Crippen molar-refractivity contribution in [2.75, 3.05) is 0 Å². The molecule has 0 spiro atoms. The monoisotopic (exact) mass is 614 g/mol. The highest BCUT2D eigenvalue weighted by molar-refractivity contribution is 9.10. The minimum Gasteiger partial charge on any atom is -0.309 e. The number of halogens is 2. The van der Waals surface area contributed by atoms with Gasteiger partial charge >= 0.3 is 0 Å². The van der Waals surface area contributed by atoms with Crippen LogP contribution in [0.15, 0.2) is 130 Å². The molecule has 0 radical (unpaired) electrons. The summed E-state index contributed by atoms with van der Waals surface area (Å²) < 4.78 is 6.96. The number of benzene rings is 6. The number of fused-ring (bicyclic) bond motifs is 7. The zero-order chi connectivity index (χ0) is 25.4. The number of para-hydroxylation sites is 2. The Bertz CT molecular complexity index is 2060. The number of aromatic nitrogens is 2. The van der Waals surface area contributed by atoms with Crippen LogP contribution in [-0.4, -0.2) is 9.13 Å². The molecule has 0 atom stereocenters. The first-order valence-electron chi connectivity index (χ1n) is 12.6. The zero-order valence-electron chi connectivity index (χ0n) is 20.2. The summed E-state index contributed by atoms with van der Waals surface area (Å²) >= 11 is 7.43. The highest BCUT2D eigenvalue weighted by atomic mass is 79.9. The third-order valence-electron chi connectivity index (χ3n) is 7.63. The lowest BCUT2D eigenvalue weighted by atomic mass is 10.1. The fourth-order valence-corrected chi connectivity index (χ4v) is 6.77. The second-order valence-corrected chi connectivity index (χ2v) is 11.5. The summed E-state index contributed by atoms with van der Waals surface area (Å²) in [5.74, 6) is 0. The van der Waals surface area contributed by atoms with Gasteiger partial charge in [-0.1, -0.05) is 105 Å². The van der Waals surface area contributed by atoms with Crippen molar-refractivity contribution in [1.82, 2.24) is 9.13 Å². The summed E-state index contributed by atoms with van der Waals surface area (Å²) in [6.45, 7) is 0. The molecule has 0 saturated heterocycles. The van der Waals surface area contributed by atoms with Crippen molar-refractivity contribution < 1.29 is 0 Å². The van der Waals surface area contributed by atoms with E-state index in [0.717, 1.165) is 8.95 Å². The van der Waals surface area contributed by atoms with E-state index in [1.54, 1.807) is 0 Å². The molecular formula is C34H20Br2N2. The van der Waals surface area contributed by atoms with E-state index in [2.05, 4.69) is 162 Å². The lowest BCUT2D eigenvalue weighted by Crippen LogP contribution is -1.99. The molecule has 0 saturated carbocycles. The van der Waals surface area contributed by atoms with E-state index in [1.165, 1.54) is 65.8 Å². The van der Waals surface area contributed by atoms with E-state index >= 15 is 0 Å². The van der Waals surface area contributed by atoms with Crippen molar-refractivity contribution in [1.29, 1.82) is 0 Å². The molecule has 0 bridgehead atoms. The van der Waals surface area contributed by atoms with Crippen molar-refractivity contribution in [2.24, 2.45) is 0 Å². The van der Waals surface area contributed by atoms with E-state index in [0.29, 0.717) is 0 Å². The Morgan fingerprint density at radius 3 is 1.21 bits per heavy atom. The fourth-order valence-electron chi connectivity index (χ4n) is 6.07. The smallest absolute Gasteiger partial charge is 0.0552 e. The van der Waals surface area contributed by atoms with E-state index in [4.69, 9.17) is 0 Å². The topological polar surface area (TPSA) is 9.86 Å². The van der Waals surface area contributed by atoms with Crippen LogP contribution in [0.1, 0.15) is 0 Å². The first-order valence-corrected chi connectivity index (χ1v) is 14.2. The lowest BCUT2D eigenvalue weighted by Gasteiger charge is -2.16. The summed E-state index contributed by atoms with van der Waals surface area (Å²) in [6, 6.07) is 43.8. The second-order valence-electron chi connectivity index (χ2n) is 9.68. The first kappa shape index (κ1) is 22.2. The van der Waals surface area contributed by atoms with Crippen LogP contribution in [0.5, 0.6) is 0 Å². The van der Waals surface area contributed by atoms with E-state index in [9.17, 15) is 0 Å². The van der Waals surface area contributed by atoms with Gasteiger partial charge in [0.25, 0.3) is 0 Å².